The van der Waals surface area contributed by atoms with Gasteiger partial charge in [-0.2, -0.15) is 0 Å². The van der Waals surface area contributed by atoms with Gasteiger partial charge >= 0.3 is 11.9 Å². The van der Waals surface area contributed by atoms with Crippen molar-refractivity contribution in [3.63, 3.8) is 0 Å². The largest absolute Gasteiger partial charge is 0.393 e. The van der Waals surface area contributed by atoms with E-state index in [2.05, 4.69) is 83.1 Å². The second-order valence-electron chi connectivity index (χ2n) is 12.9. The van der Waals surface area contributed by atoms with Gasteiger partial charge in [0.25, 0.3) is 0 Å². The van der Waals surface area contributed by atoms with E-state index in [0.29, 0.717) is 5.92 Å². The number of ether oxygens (including phenoxy) is 1. The molecular weight excluding hydrogens is 348 g/mol. The highest BCUT2D eigenvalue weighted by molar-refractivity contribution is 5.95. The molecule has 0 amide bonds. The second-order valence-corrected chi connectivity index (χ2v) is 12.9. The molecule has 164 valence electrons. The van der Waals surface area contributed by atoms with Crippen molar-refractivity contribution in [2.75, 3.05) is 0 Å². The first-order valence-corrected chi connectivity index (χ1v) is 11.0. The lowest BCUT2D eigenvalue weighted by Crippen LogP contribution is -2.49. The molecule has 3 atom stereocenters. The second kappa shape index (κ2) is 7.76. The average Bonchev–Trinajstić information content (AvgIpc) is 2.81. The molecule has 0 radical (unpaired) electrons. The molecule has 1 aliphatic rings. The predicted octanol–water partition coefficient (Wildman–Crippen LogP) is 7.03. The van der Waals surface area contributed by atoms with E-state index in [1.165, 1.54) is 6.42 Å². The van der Waals surface area contributed by atoms with E-state index in [1.807, 2.05) is 0 Å². The number of hydrogen-bond acceptors (Lipinski definition) is 3. The Bertz CT molecular complexity index is 586. The molecule has 3 nitrogen and oxygen atoms in total. The van der Waals surface area contributed by atoms with Crippen molar-refractivity contribution in [2.24, 2.45) is 38.9 Å². The summed E-state index contributed by atoms with van der Waals surface area (Å²) in [5.74, 6) is -0.485. The van der Waals surface area contributed by atoms with Crippen LogP contribution in [-0.2, 0) is 14.3 Å². The topological polar surface area (TPSA) is 43.4 Å². The molecule has 3 unspecified atom stereocenters. The standard InChI is InChI=1S/C25H46O3/c1-13-17(15-21(2,3)4)24(10,11)23(8,9)16-25(12,22(5,6)7)18-14-19(26)28-20(18)27/h17-18H,13-16H2,1-12H3. The molecule has 0 aromatic heterocycles. The Hall–Kier alpha value is -0.860. The Kier molecular flexibility index (Phi) is 6.98. The number of esters is 2. The molecule has 1 rings (SSSR count). The van der Waals surface area contributed by atoms with Gasteiger partial charge in [-0.15, -0.1) is 0 Å². The van der Waals surface area contributed by atoms with E-state index < -0.39 is 0 Å². The smallest absolute Gasteiger partial charge is 0.317 e. The van der Waals surface area contributed by atoms with Crippen LogP contribution in [0.5, 0.6) is 0 Å². The number of hydrogen-bond donors (Lipinski definition) is 0. The van der Waals surface area contributed by atoms with Crippen LogP contribution in [-0.4, -0.2) is 11.9 Å². The first-order valence-electron chi connectivity index (χ1n) is 11.0. The Morgan fingerprint density at radius 1 is 0.929 bits per heavy atom. The predicted molar refractivity (Wildman–Crippen MR) is 117 cm³/mol. The third-order valence-electron chi connectivity index (χ3n) is 8.28. The van der Waals surface area contributed by atoms with Crippen molar-refractivity contribution < 1.29 is 14.3 Å². The van der Waals surface area contributed by atoms with Gasteiger partial charge in [-0.3, -0.25) is 9.59 Å². The summed E-state index contributed by atoms with van der Waals surface area (Å²) in [6.45, 7) is 27.5. The van der Waals surface area contributed by atoms with Gasteiger partial charge in [0.1, 0.15) is 0 Å². The lowest BCUT2D eigenvalue weighted by Gasteiger charge is -2.55. The normalized spacial score (nSPS) is 22.8. The summed E-state index contributed by atoms with van der Waals surface area (Å²) >= 11 is 0. The fourth-order valence-electron chi connectivity index (χ4n) is 5.22. The van der Waals surface area contributed by atoms with Gasteiger partial charge in [0.2, 0.25) is 0 Å². The van der Waals surface area contributed by atoms with Crippen molar-refractivity contribution >= 4 is 11.9 Å². The van der Waals surface area contributed by atoms with Crippen LogP contribution < -0.4 is 0 Å². The minimum Gasteiger partial charge on any atom is -0.393 e. The summed E-state index contributed by atoms with van der Waals surface area (Å²) in [5.41, 5.74) is -0.0819. The summed E-state index contributed by atoms with van der Waals surface area (Å²) in [4.78, 5) is 24.4. The molecule has 0 aromatic rings. The molecular formula is C25H46O3. The van der Waals surface area contributed by atoms with Gasteiger partial charge in [0.15, 0.2) is 0 Å². The van der Waals surface area contributed by atoms with Crippen LogP contribution in [0.25, 0.3) is 0 Å². The fourth-order valence-corrected chi connectivity index (χ4v) is 5.22. The monoisotopic (exact) mass is 394 g/mol. The van der Waals surface area contributed by atoms with Gasteiger partial charge in [-0.1, -0.05) is 89.5 Å². The molecule has 0 N–H and O–H groups in total. The van der Waals surface area contributed by atoms with E-state index in [9.17, 15) is 9.59 Å². The zero-order chi connectivity index (χ0) is 22.3. The van der Waals surface area contributed by atoms with Crippen LogP contribution in [0.2, 0.25) is 0 Å². The van der Waals surface area contributed by atoms with Crippen LogP contribution in [0.3, 0.4) is 0 Å². The van der Waals surface area contributed by atoms with Crippen LogP contribution in [0, 0.1) is 38.9 Å². The minimum atomic E-state index is -0.373. The van der Waals surface area contributed by atoms with Crippen LogP contribution in [0.4, 0.5) is 0 Å². The van der Waals surface area contributed by atoms with Gasteiger partial charge < -0.3 is 4.74 Å². The molecule has 0 spiro atoms. The average molecular weight is 395 g/mol. The first-order chi connectivity index (χ1) is 12.3. The lowest BCUT2D eigenvalue weighted by molar-refractivity contribution is -0.157. The van der Waals surface area contributed by atoms with E-state index in [1.54, 1.807) is 0 Å². The fraction of sp³-hybridized carbons (Fsp3) is 0.920. The molecule has 0 aromatic carbocycles. The van der Waals surface area contributed by atoms with Crippen molar-refractivity contribution in [3.05, 3.63) is 0 Å². The Labute approximate surface area is 174 Å². The summed E-state index contributed by atoms with van der Waals surface area (Å²) in [7, 11) is 0. The van der Waals surface area contributed by atoms with Gasteiger partial charge in [-0.25, -0.2) is 0 Å². The van der Waals surface area contributed by atoms with E-state index >= 15 is 0 Å². The van der Waals surface area contributed by atoms with Gasteiger partial charge in [-0.05, 0) is 45.8 Å². The number of rotatable bonds is 7. The number of carbonyl (C=O) groups is 2. The molecule has 1 aliphatic heterocycles. The number of cyclic esters (lactones) is 2. The molecule has 0 bridgehead atoms. The molecule has 1 saturated heterocycles. The lowest BCUT2D eigenvalue weighted by atomic mass is 9.48. The van der Waals surface area contributed by atoms with Crippen molar-refractivity contribution in [3.8, 4) is 0 Å². The van der Waals surface area contributed by atoms with Crippen LogP contribution in [0.15, 0.2) is 0 Å². The summed E-state index contributed by atoms with van der Waals surface area (Å²) in [6.07, 6.45) is 3.41. The third kappa shape index (κ3) is 5.00. The minimum absolute atomic E-state index is 0.00707. The maximum Gasteiger partial charge on any atom is 0.317 e. The summed E-state index contributed by atoms with van der Waals surface area (Å²) < 4.78 is 4.97. The summed E-state index contributed by atoms with van der Waals surface area (Å²) in [6, 6.07) is 0. The zero-order valence-corrected chi connectivity index (χ0v) is 20.7. The molecule has 1 fully saturated rings. The maximum absolute atomic E-state index is 12.5. The van der Waals surface area contributed by atoms with E-state index in [-0.39, 0.29) is 51.4 Å². The molecule has 1 heterocycles. The van der Waals surface area contributed by atoms with Crippen molar-refractivity contribution in [1.29, 1.82) is 0 Å². The highest BCUT2D eigenvalue weighted by atomic mass is 16.6. The maximum atomic E-state index is 12.5. The van der Waals surface area contributed by atoms with Crippen LogP contribution >= 0.6 is 0 Å². The Balaban J connectivity index is 3.32. The first kappa shape index (κ1) is 25.2. The molecule has 3 heteroatoms. The quantitative estimate of drug-likeness (QED) is 0.344. The molecule has 0 saturated carbocycles. The third-order valence-corrected chi connectivity index (χ3v) is 8.28. The molecule has 28 heavy (non-hydrogen) atoms. The van der Waals surface area contributed by atoms with Crippen LogP contribution in [0.1, 0.15) is 109 Å². The van der Waals surface area contributed by atoms with Crippen molar-refractivity contribution in [1.82, 2.24) is 0 Å². The Morgan fingerprint density at radius 2 is 1.43 bits per heavy atom. The highest BCUT2D eigenvalue weighted by Crippen LogP contribution is 2.60. The van der Waals surface area contributed by atoms with Gasteiger partial charge in [0.05, 0.1) is 12.3 Å². The van der Waals surface area contributed by atoms with Gasteiger partial charge in [0, 0.05) is 0 Å². The van der Waals surface area contributed by atoms with Crippen molar-refractivity contribution in [2.45, 2.75) is 109 Å². The van der Waals surface area contributed by atoms with E-state index in [4.69, 9.17) is 4.74 Å². The Morgan fingerprint density at radius 3 is 1.75 bits per heavy atom. The summed E-state index contributed by atoms with van der Waals surface area (Å²) in [5, 5.41) is 0. The molecule has 0 aliphatic carbocycles. The highest BCUT2D eigenvalue weighted by Gasteiger charge is 2.56. The SMILES string of the molecule is CCC(CC(C)(C)C)C(C)(C)C(C)(C)CC(C)(C1CC(=O)OC1=O)C(C)(C)C. The van der Waals surface area contributed by atoms with E-state index in [0.717, 1.165) is 12.8 Å². The number of carbonyl (C=O) groups excluding carboxylic acids is 2. The zero-order valence-electron chi connectivity index (χ0n) is 20.7.